The summed E-state index contributed by atoms with van der Waals surface area (Å²) >= 11 is 0. The fraction of sp³-hybridized carbons (Fsp3) is 0.333. The van der Waals surface area contributed by atoms with Crippen molar-refractivity contribution in [2.45, 2.75) is 44.3 Å². The highest BCUT2D eigenvalue weighted by molar-refractivity contribution is 6.06. The number of carbonyl (C=O) groups is 2. The number of aromatic amines is 1. The number of nitrogens with two attached hydrogens (primary N) is 1. The summed E-state index contributed by atoms with van der Waals surface area (Å²) in [6.07, 6.45) is 4.35. The number of amides is 1. The second-order valence-corrected chi connectivity index (χ2v) is 14.1. The molecule has 0 unspecified atom stereocenters. The van der Waals surface area contributed by atoms with Crippen LogP contribution in [0.1, 0.15) is 46.4 Å². The molecule has 6 aromatic rings. The largest absolute Gasteiger partial charge is 0.494 e. The van der Waals surface area contributed by atoms with E-state index in [4.69, 9.17) is 20.2 Å². The van der Waals surface area contributed by atoms with E-state index in [-0.39, 0.29) is 29.1 Å². The smallest absolute Gasteiger partial charge is 0.338 e. The fourth-order valence-electron chi connectivity index (χ4n) is 8.46. The molecule has 9 rings (SSSR count). The number of carbonyl (C=O) groups excluding carboxylic acids is 2. The number of benzene rings is 3. The number of piperidine rings is 1. The summed E-state index contributed by atoms with van der Waals surface area (Å²) in [5, 5.41) is 1.67. The molecule has 4 heterocycles. The average Bonchev–Trinajstić information content (AvgIpc) is 3.51. The van der Waals surface area contributed by atoms with Crippen LogP contribution in [-0.2, 0) is 18.3 Å². The topological polar surface area (TPSA) is 137 Å². The SMILES string of the molecule is COC(=O)c1cc(=O)[nH]c2ccc(-c3cccc4cc(-c5nc6cc(C(=O)N7C[C@H]8CC[C@@H]7[C@@H]8N)cc(OC)c6n5C)n(CC5CC5)c34)cc12. The molecule has 3 aromatic carbocycles. The van der Waals surface area contributed by atoms with Gasteiger partial charge in [0.15, 0.2) is 5.82 Å². The van der Waals surface area contributed by atoms with Crippen molar-refractivity contribution in [1.82, 2.24) is 24.0 Å². The number of nitrogens with one attached hydrogen (secondary N) is 1. The molecule has 1 saturated heterocycles. The number of hydrogen-bond acceptors (Lipinski definition) is 7. The molecule has 0 radical (unpaired) electrons. The van der Waals surface area contributed by atoms with Gasteiger partial charge in [-0.1, -0.05) is 24.3 Å². The van der Waals surface area contributed by atoms with Gasteiger partial charge < -0.3 is 34.2 Å². The van der Waals surface area contributed by atoms with Gasteiger partial charge in [0.2, 0.25) is 5.56 Å². The summed E-state index contributed by atoms with van der Waals surface area (Å²) in [6.45, 7) is 1.52. The third-order valence-electron chi connectivity index (χ3n) is 11.2. The fourth-order valence-corrected chi connectivity index (χ4v) is 8.46. The first-order valence-electron chi connectivity index (χ1n) is 17.2. The van der Waals surface area contributed by atoms with Crippen molar-refractivity contribution in [1.29, 1.82) is 0 Å². The van der Waals surface area contributed by atoms with Gasteiger partial charge in [-0.15, -0.1) is 0 Å². The molecule has 50 heavy (non-hydrogen) atoms. The van der Waals surface area contributed by atoms with Crippen LogP contribution in [0.4, 0.5) is 0 Å². The van der Waals surface area contributed by atoms with E-state index in [1.165, 1.54) is 13.2 Å². The van der Waals surface area contributed by atoms with Crippen molar-refractivity contribution >= 4 is 44.7 Å². The Balaban J connectivity index is 1.20. The number of methoxy groups -OCH3 is 2. The number of pyridine rings is 1. The Hall–Kier alpha value is -5.42. The Morgan fingerprint density at radius 1 is 1.00 bits per heavy atom. The highest BCUT2D eigenvalue weighted by Gasteiger charge is 2.47. The number of likely N-dealkylation sites (tertiary alicyclic amines) is 1. The molecule has 11 nitrogen and oxygen atoms in total. The van der Waals surface area contributed by atoms with Gasteiger partial charge in [-0.3, -0.25) is 9.59 Å². The summed E-state index contributed by atoms with van der Waals surface area (Å²) in [6, 6.07) is 19.3. The minimum Gasteiger partial charge on any atom is -0.494 e. The minimum absolute atomic E-state index is 0.0256. The summed E-state index contributed by atoms with van der Waals surface area (Å²) < 4.78 is 15.3. The van der Waals surface area contributed by atoms with Crippen molar-refractivity contribution in [3.05, 3.63) is 82.1 Å². The second kappa shape index (κ2) is 11.3. The van der Waals surface area contributed by atoms with Gasteiger partial charge in [-0.05, 0) is 73.4 Å². The van der Waals surface area contributed by atoms with Gasteiger partial charge in [0.1, 0.15) is 11.3 Å². The molecule has 3 N–H and O–H groups in total. The van der Waals surface area contributed by atoms with Crippen molar-refractivity contribution in [3.8, 4) is 28.4 Å². The third kappa shape index (κ3) is 4.67. The van der Waals surface area contributed by atoms with Crippen molar-refractivity contribution in [3.63, 3.8) is 0 Å². The number of fused-ring (bicyclic) bond motifs is 5. The maximum absolute atomic E-state index is 13.8. The van der Waals surface area contributed by atoms with Crippen molar-refractivity contribution in [2.75, 3.05) is 20.8 Å². The number of hydrogen-bond donors (Lipinski definition) is 2. The average molecular weight is 671 g/mol. The number of ether oxygens (including phenoxy) is 2. The van der Waals surface area contributed by atoms with Crippen molar-refractivity contribution < 1.29 is 19.1 Å². The van der Waals surface area contributed by atoms with Crippen LogP contribution in [0.2, 0.25) is 0 Å². The lowest BCUT2D eigenvalue weighted by atomic mass is 9.99. The van der Waals surface area contributed by atoms with Crippen LogP contribution in [0, 0.1) is 11.8 Å². The highest BCUT2D eigenvalue weighted by Crippen LogP contribution is 2.42. The third-order valence-corrected chi connectivity index (χ3v) is 11.2. The van der Waals surface area contributed by atoms with E-state index in [9.17, 15) is 14.4 Å². The first kappa shape index (κ1) is 30.6. The summed E-state index contributed by atoms with van der Waals surface area (Å²) in [4.78, 5) is 48.8. The first-order chi connectivity index (χ1) is 24.2. The standard InChI is InChI=1S/C39H38N6O5/c1-43-36-29(14-24(16-32(36)49-2)38(47)45-19-23-10-12-30(45)34(23)40)42-37(43)31-15-22-5-4-6-25(35(22)44(31)18-20-7-8-20)21-9-11-28-26(13-21)27(39(48)50-3)17-33(46)41-28/h4-6,9,11,13-17,20,23,30,34H,7-8,10,12,18-19,40H2,1-3H3,(H,41,46)/t23-,30-,34-/m1/s1. The van der Waals surface area contributed by atoms with Crippen LogP contribution in [-0.4, -0.2) is 68.7 Å². The highest BCUT2D eigenvalue weighted by atomic mass is 16.5. The molecule has 2 aliphatic carbocycles. The Morgan fingerprint density at radius 3 is 2.56 bits per heavy atom. The quantitative estimate of drug-likeness (QED) is 0.215. The number of H-pyrrole nitrogens is 1. The predicted molar refractivity (Wildman–Crippen MR) is 191 cm³/mol. The van der Waals surface area contributed by atoms with Gasteiger partial charge in [0.25, 0.3) is 5.91 Å². The molecule has 3 fully saturated rings. The van der Waals surface area contributed by atoms with Gasteiger partial charge >= 0.3 is 5.97 Å². The van der Waals surface area contributed by atoms with E-state index in [0.29, 0.717) is 46.1 Å². The number of nitrogens with zero attached hydrogens (tertiary/aromatic N) is 4. The van der Waals surface area contributed by atoms with E-state index in [1.807, 2.05) is 48.3 Å². The summed E-state index contributed by atoms with van der Waals surface area (Å²) in [5.41, 5.74) is 12.9. The van der Waals surface area contributed by atoms with Crippen LogP contribution in [0.3, 0.4) is 0 Å². The van der Waals surface area contributed by atoms with Crippen LogP contribution >= 0.6 is 0 Å². The number of aryl methyl sites for hydroxylation is 1. The monoisotopic (exact) mass is 670 g/mol. The van der Waals surface area contributed by atoms with Crippen molar-refractivity contribution in [2.24, 2.45) is 24.6 Å². The van der Waals surface area contributed by atoms with E-state index >= 15 is 0 Å². The maximum atomic E-state index is 13.8. The van der Waals surface area contributed by atoms with E-state index in [2.05, 4.69) is 32.3 Å². The summed E-state index contributed by atoms with van der Waals surface area (Å²) in [5.74, 6) is 1.71. The van der Waals surface area contributed by atoms with E-state index in [0.717, 1.165) is 71.3 Å². The zero-order chi connectivity index (χ0) is 34.4. The zero-order valence-electron chi connectivity index (χ0n) is 28.2. The second-order valence-electron chi connectivity index (χ2n) is 14.1. The Bertz CT molecular complexity index is 2450. The molecule has 1 amide bonds. The molecular weight excluding hydrogens is 632 g/mol. The molecular formula is C39H38N6O5. The van der Waals surface area contributed by atoms with Gasteiger partial charge in [0, 0.05) is 65.7 Å². The molecule has 2 bridgehead atoms. The van der Waals surface area contributed by atoms with Crippen LogP contribution in [0.25, 0.3) is 55.5 Å². The molecule has 3 aliphatic rings. The van der Waals surface area contributed by atoms with Gasteiger partial charge in [0.05, 0.1) is 36.5 Å². The molecule has 1 aliphatic heterocycles. The van der Waals surface area contributed by atoms with Gasteiger partial charge in [-0.2, -0.15) is 0 Å². The number of esters is 1. The number of imidazole rings is 1. The van der Waals surface area contributed by atoms with Crippen LogP contribution in [0.5, 0.6) is 5.75 Å². The normalized spacial score (nSPS) is 20.0. The Labute approximate surface area is 287 Å². The van der Waals surface area contributed by atoms with Gasteiger partial charge in [-0.25, -0.2) is 9.78 Å². The lowest BCUT2D eigenvalue weighted by Crippen LogP contribution is -2.41. The zero-order valence-corrected chi connectivity index (χ0v) is 28.2. The summed E-state index contributed by atoms with van der Waals surface area (Å²) in [7, 11) is 4.93. The number of para-hydroxylation sites is 1. The molecule has 11 heteroatoms. The minimum atomic E-state index is -0.561. The predicted octanol–water partition coefficient (Wildman–Crippen LogP) is 5.47. The molecule has 2 saturated carbocycles. The molecule has 254 valence electrons. The molecule has 3 aromatic heterocycles. The molecule has 3 atom stereocenters. The van der Waals surface area contributed by atoms with Crippen LogP contribution in [0.15, 0.2) is 65.5 Å². The first-order valence-corrected chi connectivity index (χ1v) is 17.2. The Morgan fingerprint density at radius 2 is 1.84 bits per heavy atom. The van der Waals surface area contributed by atoms with Crippen LogP contribution < -0.4 is 16.0 Å². The Kier molecular flexibility index (Phi) is 6.93. The lowest BCUT2D eigenvalue weighted by molar-refractivity contribution is 0.0602. The van der Waals surface area contributed by atoms with E-state index in [1.54, 1.807) is 7.11 Å². The lowest BCUT2D eigenvalue weighted by Gasteiger charge is -2.27. The molecule has 0 spiro atoms. The maximum Gasteiger partial charge on any atom is 0.338 e. The number of rotatable bonds is 7. The van der Waals surface area contributed by atoms with E-state index < -0.39 is 5.97 Å². The number of aromatic nitrogens is 4.